The molecular formula is C17H27NO2S. The topological polar surface area (TPSA) is 46.2 Å². The number of benzene rings is 1. The first kappa shape index (κ1) is 16.5. The third kappa shape index (κ3) is 3.86. The highest BCUT2D eigenvalue weighted by atomic mass is 32.2. The highest BCUT2D eigenvalue weighted by Gasteiger charge is 2.39. The van der Waals surface area contributed by atoms with Crippen molar-refractivity contribution in [2.75, 3.05) is 12.3 Å². The molecule has 0 bridgehead atoms. The van der Waals surface area contributed by atoms with E-state index in [9.17, 15) is 8.42 Å². The summed E-state index contributed by atoms with van der Waals surface area (Å²) in [5.74, 6) is 0.323. The molecule has 1 aromatic rings. The Balaban J connectivity index is 2.18. The van der Waals surface area contributed by atoms with Crippen LogP contribution in [-0.4, -0.2) is 26.0 Å². The maximum atomic E-state index is 12.7. The van der Waals surface area contributed by atoms with E-state index in [2.05, 4.69) is 31.3 Å². The molecule has 0 aromatic heterocycles. The first-order valence-electron chi connectivity index (χ1n) is 8.13. The van der Waals surface area contributed by atoms with Gasteiger partial charge in [0.2, 0.25) is 0 Å². The molecule has 1 N–H and O–H groups in total. The van der Waals surface area contributed by atoms with Crippen LogP contribution in [0.25, 0.3) is 0 Å². The Kier molecular flexibility index (Phi) is 5.82. The number of nitrogens with one attached hydrogen (secondary N) is 1. The van der Waals surface area contributed by atoms with Crippen molar-refractivity contribution in [1.29, 1.82) is 0 Å². The number of hydrogen-bond donors (Lipinski definition) is 1. The summed E-state index contributed by atoms with van der Waals surface area (Å²) in [6.45, 7) is 5.07. The summed E-state index contributed by atoms with van der Waals surface area (Å²) < 4.78 is 25.4. The van der Waals surface area contributed by atoms with E-state index < -0.39 is 9.84 Å². The SMILES string of the molecule is CCCCCS(=O)(=O)C1Cc2ccccc2C1NCCC. The fourth-order valence-corrected chi connectivity index (χ4v) is 5.14. The molecule has 21 heavy (non-hydrogen) atoms. The predicted octanol–water partition coefficient (Wildman–Crippen LogP) is 3.26. The second kappa shape index (κ2) is 7.41. The lowest BCUT2D eigenvalue weighted by atomic mass is 10.1. The summed E-state index contributed by atoms with van der Waals surface area (Å²) in [6, 6.07) is 8.11. The van der Waals surface area contributed by atoms with Crippen LogP contribution in [0.2, 0.25) is 0 Å². The quantitative estimate of drug-likeness (QED) is 0.750. The zero-order valence-corrected chi connectivity index (χ0v) is 14.0. The molecule has 0 fully saturated rings. The second-order valence-corrected chi connectivity index (χ2v) is 8.29. The van der Waals surface area contributed by atoms with E-state index >= 15 is 0 Å². The van der Waals surface area contributed by atoms with E-state index in [4.69, 9.17) is 0 Å². The third-order valence-electron chi connectivity index (χ3n) is 4.29. The summed E-state index contributed by atoms with van der Waals surface area (Å²) in [4.78, 5) is 0. The van der Waals surface area contributed by atoms with E-state index in [0.29, 0.717) is 12.2 Å². The molecule has 0 radical (unpaired) electrons. The molecule has 4 heteroatoms. The fourth-order valence-electron chi connectivity index (χ4n) is 3.14. The van der Waals surface area contributed by atoms with Crippen LogP contribution < -0.4 is 5.32 Å². The Hall–Kier alpha value is -0.870. The van der Waals surface area contributed by atoms with E-state index in [1.807, 2.05) is 12.1 Å². The van der Waals surface area contributed by atoms with Gasteiger partial charge in [-0.2, -0.15) is 0 Å². The van der Waals surface area contributed by atoms with Crippen molar-refractivity contribution < 1.29 is 8.42 Å². The number of hydrogen-bond acceptors (Lipinski definition) is 3. The van der Waals surface area contributed by atoms with Crippen molar-refractivity contribution in [2.45, 2.75) is 57.2 Å². The lowest BCUT2D eigenvalue weighted by Crippen LogP contribution is -2.36. The number of rotatable bonds is 8. The van der Waals surface area contributed by atoms with Crippen LogP contribution in [0.4, 0.5) is 0 Å². The van der Waals surface area contributed by atoms with Gasteiger partial charge < -0.3 is 5.32 Å². The molecule has 0 heterocycles. The van der Waals surface area contributed by atoms with Crippen molar-refractivity contribution in [1.82, 2.24) is 5.32 Å². The molecule has 118 valence electrons. The van der Waals surface area contributed by atoms with Gasteiger partial charge in [0, 0.05) is 6.04 Å². The van der Waals surface area contributed by atoms with Gasteiger partial charge in [0.15, 0.2) is 9.84 Å². The minimum atomic E-state index is -3.04. The monoisotopic (exact) mass is 309 g/mol. The smallest absolute Gasteiger partial charge is 0.155 e. The Bertz CT molecular complexity index is 554. The number of sulfone groups is 1. The second-order valence-electron chi connectivity index (χ2n) is 5.95. The van der Waals surface area contributed by atoms with Crippen LogP contribution >= 0.6 is 0 Å². The lowest BCUT2D eigenvalue weighted by Gasteiger charge is -2.22. The largest absolute Gasteiger partial charge is 0.309 e. The zero-order chi connectivity index (χ0) is 15.3. The lowest BCUT2D eigenvalue weighted by molar-refractivity contribution is 0.503. The number of fused-ring (bicyclic) bond motifs is 1. The third-order valence-corrected chi connectivity index (χ3v) is 6.51. The normalized spacial score (nSPS) is 21.4. The average Bonchev–Trinajstić information content (AvgIpc) is 2.85. The molecule has 2 unspecified atom stereocenters. The highest BCUT2D eigenvalue weighted by molar-refractivity contribution is 7.92. The van der Waals surface area contributed by atoms with Crippen LogP contribution in [-0.2, 0) is 16.3 Å². The van der Waals surface area contributed by atoms with Crippen molar-refractivity contribution in [3.8, 4) is 0 Å². The van der Waals surface area contributed by atoms with Gasteiger partial charge in [-0.3, -0.25) is 0 Å². The number of unbranched alkanes of at least 4 members (excludes halogenated alkanes) is 2. The molecule has 2 rings (SSSR count). The summed E-state index contributed by atoms with van der Waals surface area (Å²) in [5, 5.41) is 3.16. The van der Waals surface area contributed by atoms with Gasteiger partial charge in [-0.1, -0.05) is 51.0 Å². The molecule has 0 saturated heterocycles. The zero-order valence-electron chi connectivity index (χ0n) is 13.1. The van der Waals surface area contributed by atoms with Crippen LogP contribution in [0, 0.1) is 0 Å². The Morgan fingerprint density at radius 3 is 2.62 bits per heavy atom. The molecule has 0 amide bonds. The highest BCUT2D eigenvalue weighted by Crippen LogP contribution is 2.36. The molecule has 1 aliphatic carbocycles. The molecular weight excluding hydrogens is 282 g/mol. The standard InChI is InChI=1S/C17H27NO2S/c1-3-5-8-12-21(19,20)16-13-14-9-6-7-10-15(14)17(16)18-11-4-2/h6-7,9-10,16-18H,3-5,8,11-13H2,1-2H3. The fraction of sp³-hybridized carbons (Fsp3) is 0.647. The van der Waals surface area contributed by atoms with Crippen LogP contribution in [0.5, 0.6) is 0 Å². The first-order chi connectivity index (χ1) is 10.1. The van der Waals surface area contributed by atoms with Gasteiger partial charge in [0.1, 0.15) is 0 Å². The van der Waals surface area contributed by atoms with Crippen LogP contribution in [0.3, 0.4) is 0 Å². The van der Waals surface area contributed by atoms with Crippen LogP contribution in [0.15, 0.2) is 24.3 Å². The van der Waals surface area contributed by atoms with Crippen molar-refractivity contribution in [2.24, 2.45) is 0 Å². The minimum Gasteiger partial charge on any atom is -0.309 e. The van der Waals surface area contributed by atoms with E-state index in [0.717, 1.165) is 32.2 Å². The van der Waals surface area contributed by atoms with Gasteiger partial charge in [-0.15, -0.1) is 0 Å². The maximum absolute atomic E-state index is 12.7. The maximum Gasteiger partial charge on any atom is 0.155 e. The van der Waals surface area contributed by atoms with Crippen molar-refractivity contribution in [3.05, 3.63) is 35.4 Å². The van der Waals surface area contributed by atoms with Crippen LogP contribution in [0.1, 0.15) is 56.7 Å². The van der Waals surface area contributed by atoms with Gasteiger partial charge in [0.05, 0.1) is 11.0 Å². The van der Waals surface area contributed by atoms with Gasteiger partial charge in [0.25, 0.3) is 0 Å². The van der Waals surface area contributed by atoms with E-state index in [1.54, 1.807) is 0 Å². The summed E-state index contributed by atoms with van der Waals surface area (Å²) in [7, 11) is -3.04. The molecule has 0 spiro atoms. The van der Waals surface area contributed by atoms with E-state index in [-0.39, 0.29) is 11.3 Å². The Labute approximate surface area is 129 Å². The molecule has 1 aliphatic rings. The molecule has 0 aliphatic heterocycles. The summed E-state index contributed by atoms with van der Waals surface area (Å²) in [6.07, 6.45) is 4.50. The molecule has 0 saturated carbocycles. The Morgan fingerprint density at radius 1 is 1.14 bits per heavy atom. The summed E-state index contributed by atoms with van der Waals surface area (Å²) in [5.41, 5.74) is 2.37. The predicted molar refractivity (Wildman–Crippen MR) is 88.3 cm³/mol. The molecule has 2 atom stereocenters. The van der Waals surface area contributed by atoms with Gasteiger partial charge >= 0.3 is 0 Å². The van der Waals surface area contributed by atoms with Crippen molar-refractivity contribution >= 4 is 9.84 Å². The molecule has 3 nitrogen and oxygen atoms in total. The van der Waals surface area contributed by atoms with E-state index in [1.165, 1.54) is 11.1 Å². The summed E-state index contributed by atoms with van der Waals surface area (Å²) >= 11 is 0. The van der Waals surface area contributed by atoms with Gasteiger partial charge in [-0.05, 0) is 36.9 Å². The first-order valence-corrected chi connectivity index (χ1v) is 9.84. The van der Waals surface area contributed by atoms with Gasteiger partial charge in [-0.25, -0.2) is 8.42 Å². The minimum absolute atomic E-state index is 0.0345. The molecule has 1 aromatic carbocycles. The average molecular weight is 309 g/mol. The Morgan fingerprint density at radius 2 is 1.90 bits per heavy atom. The van der Waals surface area contributed by atoms with Crippen molar-refractivity contribution in [3.63, 3.8) is 0 Å².